The van der Waals surface area contributed by atoms with Crippen LogP contribution in [-0.4, -0.2) is 13.5 Å². The van der Waals surface area contributed by atoms with Crippen LogP contribution in [0.1, 0.15) is 0 Å². The average Bonchev–Trinajstić information content (AvgIpc) is 2.38. The number of halogens is 4. The van der Waals surface area contributed by atoms with E-state index in [1.165, 1.54) is 31.4 Å². The first kappa shape index (κ1) is 14.5. The number of hydrogen-bond acceptors (Lipinski definition) is 2. The molecule has 2 aromatic rings. The SMILES string of the molecule is COc1ccc(-c2ccc(OC(F)(F)F)cc2)c(Cl)c1. The van der Waals surface area contributed by atoms with Crippen LogP contribution in [0.3, 0.4) is 0 Å². The molecule has 0 spiro atoms. The average molecular weight is 303 g/mol. The summed E-state index contributed by atoms with van der Waals surface area (Å²) >= 11 is 6.10. The Bertz CT molecular complexity index is 594. The van der Waals surface area contributed by atoms with Crippen molar-refractivity contribution in [3.63, 3.8) is 0 Å². The van der Waals surface area contributed by atoms with Gasteiger partial charge in [-0.1, -0.05) is 23.7 Å². The monoisotopic (exact) mass is 302 g/mol. The molecule has 2 aromatic carbocycles. The first-order valence-corrected chi connectivity index (χ1v) is 5.96. The standard InChI is InChI=1S/C14H10ClF3O2/c1-19-11-6-7-12(13(15)8-11)9-2-4-10(5-3-9)20-14(16,17)18/h2-8H,1H3. The van der Waals surface area contributed by atoms with Crippen LogP contribution < -0.4 is 9.47 Å². The van der Waals surface area contributed by atoms with Crippen molar-refractivity contribution in [2.45, 2.75) is 6.36 Å². The number of rotatable bonds is 3. The van der Waals surface area contributed by atoms with E-state index in [0.717, 1.165) is 0 Å². The zero-order valence-corrected chi connectivity index (χ0v) is 11.1. The molecule has 0 aliphatic heterocycles. The molecule has 0 fully saturated rings. The van der Waals surface area contributed by atoms with Crippen LogP contribution in [0, 0.1) is 0 Å². The highest BCUT2D eigenvalue weighted by Gasteiger charge is 2.30. The summed E-state index contributed by atoms with van der Waals surface area (Å²) in [5, 5.41) is 0.453. The number of ether oxygens (including phenoxy) is 2. The topological polar surface area (TPSA) is 18.5 Å². The Labute approximate surface area is 118 Å². The molecule has 6 heteroatoms. The Morgan fingerprint density at radius 1 is 0.950 bits per heavy atom. The van der Waals surface area contributed by atoms with Gasteiger partial charge in [0.15, 0.2) is 0 Å². The molecule has 0 radical (unpaired) electrons. The van der Waals surface area contributed by atoms with Gasteiger partial charge in [0.25, 0.3) is 0 Å². The van der Waals surface area contributed by atoms with Crippen molar-refractivity contribution in [1.82, 2.24) is 0 Å². The molecule has 0 saturated carbocycles. The van der Waals surface area contributed by atoms with Gasteiger partial charge in [0.05, 0.1) is 12.1 Å². The highest BCUT2D eigenvalue weighted by molar-refractivity contribution is 6.33. The van der Waals surface area contributed by atoms with E-state index in [9.17, 15) is 13.2 Å². The summed E-state index contributed by atoms with van der Waals surface area (Å²) in [4.78, 5) is 0. The maximum Gasteiger partial charge on any atom is 0.573 e. The van der Waals surface area contributed by atoms with E-state index in [-0.39, 0.29) is 5.75 Å². The molecule has 0 aromatic heterocycles. The summed E-state index contributed by atoms with van der Waals surface area (Å²) in [6, 6.07) is 10.6. The molecular formula is C14H10ClF3O2. The minimum Gasteiger partial charge on any atom is -0.497 e. The van der Waals surface area contributed by atoms with Gasteiger partial charge in [-0.05, 0) is 35.9 Å². The van der Waals surface area contributed by atoms with E-state index in [0.29, 0.717) is 21.9 Å². The van der Waals surface area contributed by atoms with E-state index in [2.05, 4.69) is 4.74 Å². The Kier molecular flexibility index (Phi) is 4.09. The third kappa shape index (κ3) is 3.57. The molecule has 0 saturated heterocycles. The van der Waals surface area contributed by atoms with E-state index < -0.39 is 6.36 Å². The smallest absolute Gasteiger partial charge is 0.497 e. The predicted octanol–water partition coefficient (Wildman–Crippen LogP) is 4.91. The molecule has 0 amide bonds. The van der Waals surface area contributed by atoms with Crippen LogP contribution in [0.25, 0.3) is 11.1 Å². The third-order valence-corrected chi connectivity index (χ3v) is 2.89. The van der Waals surface area contributed by atoms with E-state index in [4.69, 9.17) is 16.3 Å². The predicted molar refractivity (Wildman–Crippen MR) is 70.1 cm³/mol. The van der Waals surface area contributed by atoms with Crippen molar-refractivity contribution in [2.75, 3.05) is 7.11 Å². The molecule has 0 bridgehead atoms. The number of alkyl halides is 3. The summed E-state index contributed by atoms with van der Waals surface area (Å²) in [7, 11) is 1.52. The van der Waals surface area contributed by atoms with Crippen LogP contribution in [-0.2, 0) is 0 Å². The van der Waals surface area contributed by atoms with Crippen molar-refractivity contribution in [3.8, 4) is 22.6 Å². The van der Waals surface area contributed by atoms with Gasteiger partial charge in [-0.25, -0.2) is 0 Å². The number of benzene rings is 2. The Balaban J connectivity index is 2.26. The van der Waals surface area contributed by atoms with Crippen molar-refractivity contribution < 1.29 is 22.6 Å². The van der Waals surface area contributed by atoms with Gasteiger partial charge in [-0.2, -0.15) is 0 Å². The van der Waals surface area contributed by atoms with Crippen molar-refractivity contribution in [3.05, 3.63) is 47.5 Å². The molecule has 0 atom stereocenters. The van der Waals surface area contributed by atoms with E-state index in [1.807, 2.05) is 0 Å². The van der Waals surface area contributed by atoms with Gasteiger partial charge in [-0.3, -0.25) is 0 Å². The molecule has 0 aliphatic carbocycles. The third-order valence-electron chi connectivity index (χ3n) is 2.58. The lowest BCUT2D eigenvalue weighted by atomic mass is 10.1. The fourth-order valence-electron chi connectivity index (χ4n) is 1.69. The summed E-state index contributed by atoms with van der Waals surface area (Å²) < 4.78 is 45.0. The van der Waals surface area contributed by atoms with Crippen LogP contribution in [0.15, 0.2) is 42.5 Å². The maximum atomic E-state index is 12.1. The summed E-state index contributed by atoms with van der Waals surface area (Å²) in [5.41, 5.74) is 1.39. The number of hydrogen-bond donors (Lipinski definition) is 0. The molecule has 0 N–H and O–H groups in total. The van der Waals surface area contributed by atoms with Gasteiger partial charge in [0.2, 0.25) is 0 Å². The van der Waals surface area contributed by atoms with Crippen LogP contribution >= 0.6 is 11.6 Å². The molecule has 0 heterocycles. The van der Waals surface area contributed by atoms with Crippen LogP contribution in [0.5, 0.6) is 11.5 Å². The summed E-state index contributed by atoms with van der Waals surface area (Å²) in [6.07, 6.45) is -4.70. The van der Waals surface area contributed by atoms with Gasteiger partial charge >= 0.3 is 6.36 Å². The first-order valence-electron chi connectivity index (χ1n) is 5.59. The molecule has 2 rings (SSSR count). The zero-order chi connectivity index (χ0) is 14.8. The maximum absolute atomic E-state index is 12.1. The number of methoxy groups -OCH3 is 1. The Hall–Kier alpha value is -1.88. The van der Waals surface area contributed by atoms with Gasteiger partial charge in [0, 0.05) is 5.56 Å². The fourth-order valence-corrected chi connectivity index (χ4v) is 1.97. The van der Waals surface area contributed by atoms with Gasteiger partial charge in [-0.15, -0.1) is 13.2 Å². The second kappa shape index (κ2) is 5.63. The largest absolute Gasteiger partial charge is 0.573 e. The van der Waals surface area contributed by atoms with Crippen LogP contribution in [0.2, 0.25) is 5.02 Å². The quantitative estimate of drug-likeness (QED) is 0.801. The minimum absolute atomic E-state index is 0.272. The zero-order valence-electron chi connectivity index (χ0n) is 10.4. The molecule has 0 aliphatic rings. The molecule has 106 valence electrons. The lowest BCUT2D eigenvalue weighted by Gasteiger charge is -2.10. The minimum atomic E-state index is -4.70. The Morgan fingerprint density at radius 3 is 2.05 bits per heavy atom. The van der Waals surface area contributed by atoms with Gasteiger partial charge in [0.1, 0.15) is 11.5 Å². The second-order valence-corrected chi connectivity index (χ2v) is 4.33. The lowest BCUT2D eigenvalue weighted by Crippen LogP contribution is -2.16. The van der Waals surface area contributed by atoms with Gasteiger partial charge < -0.3 is 9.47 Å². The van der Waals surface area contributed by atoms with Crippen LogP contribution in [0.4, 0.5) is 13.2 Å². The van der Waals surface area contributed by atoms with Crippen molar-refractivity contribution in [2.24, 2.45) is 0 Å². The molecular weight excluding hydrogens is 293 g/mol. The highest BCUT2D eigenvalue weighted by atomic mass is 35.5. The van der Waals surface area contributed by atoms with E-state index >= 15 is 0 Å². The first-order chi connectivity index (χ1) is 9.39. The Morgan fingerprint density at radius 2 is 1.55 bits per heavy atom. The lowest BCUT2D eigenvalue weighted by molar-refractivity contribution is -0.274. The van der Waals surface area contributed by atoms with Crippen molar-refractivity contribution >= 4 is 11.6 Å². The van der Waals surface area contributed by atoms with E-state index in [1.54, 1.807) is 18.2 Å². The summed E-state index contributed by atoms with van der Waals surface area (Å²) in [6.45, 7) is 0. The molecule has 0 unspecified atom stereocenters. The highest BCUT2D eigenvalue weighted by Crippen LogP contribution is 2.32. The molecule has 20 heavy (non-hydrogen) atoms. The summed E-state index contributed by atoms with van der Waals surface area (Å²) in [5.74, 6) is 0.335. The second-order valence-electron chi connectivity index (χ2n) is 3.92. The van der Waals surface area contributed by atoms with Crippen molar-refractivity contribution in [1.29, 1.82) is 0 Å². The fraction of sp³-hybridized carbons (Fsp3) is 0.143. The molecule has 2 nitrogen and oxygen atoms in total. The normalized spacial score (nSPS) is 11.2.